The van der Waals surface area contributed by atoms with E-state index in [1.807, 2.05) is 0 Å². The van der Waals surface area contributed by atoms with Crippen molar-refractivity contribution in [3.63, 3.8) is 0 Å². The largest absolute Gasteiger partial charge is 0.497 e. The van der Waals surface area contributed by atoms with Gasteiger partial charge in [-0.25, -0.2) is 4.79 Å². The lowest BCUT2D eigenvalue weighted by Crippen LogP contribution is -2.16. The zero-order chi connectivity index (χ0) is 15.9. The van der Waals surface area contributed by atoms with Crippen molar-refractivity contribution in [1.82, 2.24) is 0 Å². The minimum absolute atomic E-state index is 0.0674. The summed E-state index contributed by atoms with van der Waals surface area (Å²) >= 11 is 0. The zero-order valence-electron chi connectivity index (χ0n) is 13.2. The van der Waals surface area contributed by atoms with Gasteiger partial charge in [0, 0.05) is 6.42 Å². The van der Waals surface area contributed by atoms with Gasteiger partial charge in [0.25, 0.3) is 0 Å². The fourth-order valence-electron chi connectivity index (χ4n) is 2.89. The molecule has 22 heavy (non-hydrogen) atoms. The number of hydrogen-bond acceptors (Lipinski definition) is 4. The minimum atomic E-state index is -0.495. The van der Waals surface area contributed by atoms with Crippen LogP contribution in [0, 0.1) is 5.92 Å². The van der Waals surface area contributed by atoms with Crippen molar-refractivity contribution in [1.29, 1.82) is 0 Å². The third kappa shape index (κ3) is 4.23. The first-order chi connectivity index (χ1) is 10.6. The second kappa shape index (κ2) is 7.82. The van der Waals surface area contributed by atoms with E-state index in [-0.39, 0.29) is 5.91 Å². The Balaban J connectivity index is 2.00. The van der Waals surface area contributed by atoms with Gasteiger partial charge in [0.2, 0.25) is 5.91 Å². The van der Waals surface area contributed by atoms with E-state index in [2.05, 4.69) is 5.32 Å². The molecule has 0 spiro atoms. The fraction of sp³-hybridized carbons (Fsp3) is 0.529. The van der Waals surface area contributed by atoms with Crippen molar-refractivity contribution in [2.75, 3.05) is 19.5 Å². The predicted octanol–water partition coefficient (Wildman–Crippen LogP) is 3.39. The highest BCUT2D eigenvalue weighted by Gasteiger charge is 2.18. The molecule has 0 aromatic heterocycles. The van der Waals surface area contributed by atoms with E-state index < -0.39 is 5.97 Å². The standard InChI is InChI=1S/C17H23NO4/c1-21-13-8-9-15(14(11-13)17(20)22-2)18-16(19)10-7-12-5-3-4-6-12/h8-9,11-12H,3-7,10H2,1-2H3,(H,18,19). The number of nitrogens with one attached hydrogen (secondary N) is 1. The molecule has 1 N–H and O–H groups in total. The van der Waals surface area contributed by atoms with Gasteiger partial charge in [-0.05, 0) is 30.5 Å². The van der Waals surface area contributed by atoms with E-state index in [1.165, 1.54) is 39.9 Å². The maximum Gasteiger partial charge on any atom is 0.340 e. The molecular weight excluding hydrogens is 282 g/mol. The second-order valence-electron chi connectivity index (χ2n) is 5.64. The Labute approximate surface area is 131 Å². The molecule has 1 aromatic carbocycles. The lowest BCUT2D eigenvalue weighted by Gasteiger charge is -2.12. The molecule has 1 saturated carbocycles. The molecule has 5 heteroatoms. The normalized spacial score (nSPS) is 14.6. The molecule has 5 nitrogen and oxygen atoms in total. The Hall–Kier alpha value is -2.04. The summed E-state index contributed by atoms with van der Waals surface area (Å²) in [4.78, 5) is 23.9. The van der Waals surface area contributed by atoms with Crippen molar-refractivity contribution >= 4 is 17.6 Å². The van der Waals surface area contributed by atoms with Gasteiger partial charge in [-0.2, -0.15) is 0 Å². The number of esters is 1. The smallest absolute Gasteiger partial charge is 0.340 e. The van der Waals surface area contributed by atoms with Gasteiger partial charge < -0.3 is 14.8 Å². The van der Waals surface area contributed by atoms with Gasteiger partial charge in [-0.1, -0.05) is 25.7 Å². The molecule has 0 radical (unpaired) electrons. The molecular formula is C17H23NO4. The van der Waals surface area contributed by atoms with Gasteiger partial charge >= 0.3 is 5.97 Å². The number of anilines is 1. The molecule has 1 amide bonds. The third-order valence-electron chi connectivity index (χ3n) is 4.16. The van der Waals surface area contributed by atoms with Gasteiger partial charge in [0.15, 0.2) is 0 Å². The van der Waals surface area contributed by atoms with Crippen molar-refractivity contribution in [3.8, 4) is 5.75 Å². The van der Waals surface area contributed by atoms with Crippen LogP contribution in [0.15, 0.2) is 18.2 Å². The van der Waals surface area contributed by atoms with Crippen molar-refractivity contribution in [2.24, 2.45) is 5.92 Å². The molecule has 0 saturated heterocycles. The fourth-order valence-corrected chi connectivity index (χ4v) is 2.89. The Bertz CT molecular complexity index is 535. The highest BCUT2D eigenvalue weighted by molar-refractivity contribution is 6.01. The summed E-state index contributed by atoms with van der Waals surface area (Å²) in [5.74, 6) is 0.651. The van der Waals surface area contributed by atoms with E-state index in [0.29, 0.717) is 29.3 Å². The lowest BCUT2D eigenvalue weighted by molar-refractivity contribution is -0.116. The summed E-state index contributed by atoms with van der Waals surface area (Å²) in [6.07, 6.45) is 6.40. The average Bonchev–Trinajstić information content (AvgIpc) is 3.06. The van der Waals surface area contributed by atoms with Crippen LogP contribution in [0.5, 0.6) is 5.75 Å². The lowest BCUT2D eigenvalue weighted by atomic mass is 10.0. The molecule has 120 valence electrons. The molecule has 0 aliphatic heterocycles. The number of rotatable bonds is 6. The maximum absolute atomic E-state index is 12.1. The number of methoxy groups -OCH3 is 2. The average molecular weight is 305 g/mol. The third-order valence-corrected chi connectivity index (χ3v) is 4.16. The summed E-state index contributed by atoms with van der Waals surface area (Å²) in [5, 5.41) is 2.81. The minimum Gasteiger partial charge on any atom is -0.497 e. The highest BCUT2D eigenvalue weighted by Crippen LogP contribution is 2.29. The predicted molar refractivity (Wildman–Crippen MR) is 84.2 cm³/mol. The van der Waals surface area contributed by atoms with Gasteiger partial charge in [0.1, 0.15) is 5.75 Å². The van der Waals surface area contributed by atoms with Crippen LogP contribution >= 0.6 is 0 Å². The van der Waals surface area contributed by atoms with E-state index in [9.17, 15) is 9.59 Å². The van der Waals surface area contributed by atoms with Crippen LogP contribution in [0.2, 0.25) is 0 Å². The molecule has 0 bridgehead atoms. The first-order valence-corrected chi connectivity index (χ1v) is 7.70. The summed E-state index contributed by atoms with van der Waals surface area (Å²) < 4.78 is 9.86. The van der Waals surface area contributed by atoms with Crippen LogP contribution < -0.4 is 10.1 Å². The van der Waals surface area contributed by atoms with Crippen molar-refractivity contribution in [2.45, 2.75) is 38.5 Å². The maximum atomic E-state index is 12.1. The molecule has 0 unspecified atom stereocenters. The monoisotopic (exact) mass is 305 g/mol. The van der Waals surface area contributed by atoms with Gasteiger partial charge in [-0.3, -0.25) is 4.79 Å². The number of carbonyl (C=O) groups is 2. The summed E-state index contributed by atoms with van der Waals surface area (Å²) in [5.41, 5.74) is 0.764. The van der Waals surface area contributed by atoms with E-state index >= 15 is 0 Å². The molecule has 1 fully saturated rings. The van der Waals surface area contributed by atoms with E-state index in [0.717, 1.165) is 6.42 Å². The zero-order valence-corrected chi connectivity index (χ0v) is 13.2. The number of ether oxygens (including phenoxy) is 2. The molecule has 1 aliphatic carbocycles. The first kappa shape index (κ1) is 16.3. The van der Waals surface area contributed by atoms with Crippen LogP contribution in [0.4, 0.5) is 5.69 Å². The Morgan fingerprint density at radius 1 is 1.23 bits per heavy atom. The molecule has 2 rings (SSSR count). The van der Waals surface area contributed by atoms with E-state index in [1.54, 1.807) is 18.2 Å². The quantitative estimate of drug-likeness (QED) is 0.818. The summed E-state index contributed by atoms with van der Waals surface area (Å²) in [7, 11) is 2.84. The topological polar surface area (TPSA) is 64.6 Å². The molecule has 1 aliphatic rings. The molecule has 0 heterocycles. The number of amides is 1. The number of hydrogen-bond donors (Lipinski definition) is 1. The number of carbonyl (C=O) groups excluding carboxylic acids is 2. The second-order valence-corrected chi connectivity index (χ2v) is 5.64. The van der Waals surface area contributed by atoms with Crippen LogP contribution in [-0.4, -0.2) is 26.1 Å². The van der Waals surface area contributed by atoms with Crippen molar-refractivity contribution < 1.29 is 19.1 Å². The van der Waals surface area contributed by atoms with Gasteiger partial charge in [0.05, 0.1) is 25.5 Å². The highest BCUT2D eigenvalue weighted by atomic mass is 16.5. The van der Waals surface area contributed by atoms with Crippen LogP contribution in [0.1, 0.15) is 48.9 Å². The molecule has 0 atom stereocenters. The SMILES string of the molecule is COC(=O)c1cc(OC)ccc1NC(=O)CCC1CCCC1. The van der Waals surface area contributed by atoms with Crippen molar-refractivity contribution in [3.05, 3.63) is 23.8 Å². The summed E-state index contributed by atoms with van der Waals surface area (Å²) in [6.45, 7) is 0. The Kier molecular flexibility index (Phi) is 5.81. The van der Waals surface area contributed by atoms with Gasteiger partial charge in [-0.15, -0.1) is 0 Å². The Morgan fingerprint density at radius 3 is 2.59 bits per heavy atom. The van der Waals surface area contributed by atoms with Crippen LogP contribution in [0.25, 0.3) is 0 Å². The van der Waals surface area contributed by atoms with E-state index in [4.69, 9.17) is 9.47 Å². The number of benzene rings is 1. The van der Waals surface area contributed by atoms with Crippen LogP contribution in [-0.2, 0) is 9.53 Å². The Morgan fingerprint density at radius 2 is 1.95 bits per heavy atom. The summed E-state index contributed by atoms with van der Waals surface area (Å²) in [6, 6.07) is 4.94. The molecule has 1 aromatic rings. The first-order valence-electron chi connectivity index (χ1n) is 7.70. The van der Waals surface area contributed by atoms with Crippen LogP contribution in [0.3, 0.4) is 0 Å².